The lowest BCUT2D eigenvalue weighted by Gasteiger charge is -2.20. The van der Waals surface area contributed by atoms with E-state index in [4.69, 9.17) is 8.83 Å². The molecular formula is C25H38O5. The molecule has 0 bridgehead atoms. The first-order valence-electron chi connectivity index (χ1n) is 11.1. The van der Waals surface area contributed by atoms with Gasteiger partial charge < -0.3 is 19.0 Å². The highest BCUT2D eigenvalue weighted by Gasteiger charge is 2.26. The Hall–Kier alpha value is -2.01. The molecule has 0 aliphatic rings. The van der Waals surface area contributed by atoms with E-state index >= 15 is 0 Å². The van der Waals surface area contributed by atoms with Crippen LogP contribution >= 0.6 is 0 Å². The van der Waals surface area contributed by atoms with Gasteiger partial charge in [-0.1, -0.05) is 13.8 Å². The van der Waals surface area contributed by atoms with E-state index in [0.717, 1.165) is 74.4 Å². The van der Waals surface area contributed by atoms with Gasteiger partial charge in [-0.05, 0) is 75.6 Å². The van der Waals surface area contributed by atoms with E-state index in [0.29, 0.717) is 6.42 Å². The topological polar surface area (TPSA) is 83.8 Å². The van der Waals surface area contributed by atoms with Crippen molar-refractivity contribution >= 4 is 5.97 Å². The van der Waals surface area contributed by atoms with Crippen molar-refractivity contribution in [3.8, 4) is 0 Å². The van der Waals surface area contributed by atoms with Crippen LogP contribution in [0.25, 0.3) is 0 Å². The average Bonchev–Trinajstić information content (AvgIpc) is 3.31. The van der Waals surface area contributed by atoms with Gasteiger partial charge in [0, 0.05) is 32.3 Å². The van der Waals surface area contributed by atoms with Crippen LogP contribution in [0.1, 0.15) is 82.8 Å². The molecule has 0 unspecified atom stereocenters. The molecule has 2 rings (SSSR count). The number of rotatable bonds is 14. The highest BCUT2D eigenvalue weighted by molar-refractivity contribution is 5.73. The molecule has 0 aliphatic carbocycles. The Kier molecular flexibility index (Phi) is 8.78. The monoisotopic (exact) mass is 418 g/mol. The number of aryl methyl sites for hydroxylation is 4. The van der Waals surface area contributed by atoms with Crippen molar-refractivity contribution < 1.29 is 23.8 Å². The van der Waals surface area contributed by atoms with Gasteiger partial charge in [-0.25, -0.2) is 0 Å². The molecule has 0 spiro atoms. The fourth-order valence-corrected chi connectivity index (χ4v) is 3.45. The van der Waals surface area contributed by atoms with E-state index in [2.05, 4.69) is 26.0 Å². The number of furan rings is 2. The van der Waals surface area contributed by atoms with E-state index in [-0.39, 0.29) is 12.0 Å². The highest BCUT2D eigenvalue weighted by atomic mass is 16.4. The summed E-state index contributed by atoms with van der Waals surface area (Å²) in [5, 5.41) is 18.5. The normalized spacial score (nSPS) is 12.4. The molecular weight excluding hydrogens is 380 g/mol. The van der Waals surface area contributed by atoms with Crippen molar-refractivity contribution in [2.45, 2.75) is 85.5 Å². The number of carbonyl (C=O) groups is 1. The molecule has 5 nitrogen and oxygen atoms in total. The van der Waals surface area contributed by atoms with Gasteiger partial charge in [-0.3, -0.25) is 4.79 Å². The molecule has 0 amide bonds. The van der Waals surface area contributed by atoms with Gasteiger partial charge in [0.25, 0.3) is 0 Å². The van der Waals surface area contributed by atoms with Gasteiger partial charge in [-0.2, -0.15) is 0 Å². The van der Waals surface area contributed by atoms with E-state index in [9.17, 15) is 15.0 Å². The lowest BCUT2D eigenvalue weighted by molar-refractivity contribution is -0.147. The third kappa shape index (κ3) is 8.02. The first-order valence-corrected chi connectivity index (χ1v) is 11.1. The molecule has 0 aliphatic heterocycles. The predicted molar refractivity (Wildman–Crippen MR) is 118 cm³/mol. The highest BCUT2D eigenvalue weighted by Crippen LogP contribution is 2.25. The Balaban J connectivity index is 1.68. The summed E-state index contributed by atoms with van der Waals surface area (Å²) >= 11 is 0. The van der Waals surface area contributed by atoms with Crippen LogP contribution in [0.3, 0.4) is 0 Å². The van der Waals surface area contributed by atoms with Crippen molar-refractivity contribution in [2.24, 2.45) is 10.8 Å². The minimum Gasteiger partial charge on any atom is -0.481 e. The SMILES string of the molecule is CC(C)(CO)CCCc1ccc(CCCc2ccc(CCCC(C)(C)C(=O)O)o2)o1. The third-order valence-corrected chi connectivity index (χ3v) is 5.79. The molecule has 2 heterocycles. The average molecular weight is 419 g/mol. The number of aliphatic carboxylic acids is 1. The fourth-order valence-electron chi connectivity index (χ4n) is 3.45. The van der Waals surface area contributed by atoms with Crippen molar-refractivity contribution in [3.05, 3.63) is 47.3 Å². The Morgan fingerprint density at radius 1 is 0.767 bits per heavy atom. The summed E-state index contributed by atoms with van der Waals surface area (Å²) in [5.41, 5.74) is -0.712. The second-order valence-electron chi connectivity index (χ2n) is 9.81. The van der Waals surface area contributed by atoms with Crippen molar-refractivity contribution in [2.75, 3.05) is 6.61 Å². The standard InChI is InChI=1S/C25H38O5/c1-24(2,18-26)16-6-10-21-14-12-19(29-21)8-5-9-20-13-15-22(30-20)11-7-17-25(3,4)23(27)28/h12-15,26H,5-11,16-18H2,1-4H3,(H,27,28). The maximum absolute atomic E-state index is 11.2. The summed E-state index contributed by atoms with van der Waals surface area (Å²) in [5.74, 6) is 3.17. The molecule has 2 N–H and O–H groups in total. The minimum absolute atomic E-state index is 0.0240. The fraction of sp³-hybridized carbons (Fsp3) is 0.640. The minimum atomic E-state index is -0.752. The second-order valence-corrected chi connectivity index (χ2v) is 9.81. The summed E-state index contributed by atoms with van der Waals surface area (Å²) in [6.07, 6.45) is 7.81. The van der Waals surface area contributed by atoms with Crippen LogP contribution in [-0.2, 0) is 30.5 Å². The largest absolute Gasteiger partial charge is 0.481 e. The van der Waals surface area contributed by atoms with Crippen LogP contribution < -0.4 is 0 Å². The van der Waals surface area contributed by atoms with E-state index in [1.165, 1.54) is 0 Å². The molecule has 0 fully saturated rings. The zero-order valence-corrected chi connectivity index (χ0v) is 19.0. The zero-order chi connectivity index (χ0) is 22.2. The maximum Gasteiger partial charge on any atom is 0.309 e. The molecule has 5 heteroatoms. The Labute approximate surface area is 180 Å². The van der Waals surface area contributed by atoms with Crippen molar-refractivity contribution in [1.82, 2.24) is 0 Å². The van der Waals surface area contributed by atoms with Crippen LogP contribution in [0.2, 0.25) is 0 Å². The quantitative estimate of drug-likeness (QED) is 0.404. The van der Waals surface area contributed by atoms with E-state index in [1.807, 2.05) is 12.1 Å². The molecule has 2 aromatic heterocycles. The summed E-state index contributed by atoms with van der Waals surface area (Å²) in [7, 11) is 0. The first-order chi connectivity index (χ1) is 14.1. The molecule has 30 heavy (non-hydrogen) atoms. The van der Waals surface area contributed by atoms with Gasteiger partial charge in [0.2, 0.25) is 0 Å². The Bertz CT molecular complexity index is 781. The molecule has 0 radical (unpaired) electrons. The number of carboxylic acids is 1. The molecule has 0 aromatic carbocycles. The first kappa shape index (κ1) is 24.3. The summed E-state index contributed by atoms with van der Waals surface area (Å²) in [4.78, 5) is 11.2. The molecule has 0 saturated heterocycles. The number of aliphatic hydroxyl groups excluding tert-OH is 1. The number of carboxylic acid groups (broad SMARTS) is 1. The molecule has 0 atom stereocenters. The Morgan fingerprint density at radius 3 is 1.57 bits per heavy atom. The van der Waals surface area contributed by atoms with Crippen LogP contribution in [0.5, 0.6) is 0 Å². The summed E-state index contributed by atoms with van der Waals surface area (Å²) in [6, 6.07) is 8.14. The lowest BCUT2D eigenvalue weighted by Crippen LogP contribution is -2.23. The number of aliphatic hydroxyl groups is 1. The van der Waals surface area contributed by atoms with Crippen molar-refractivity contribution in [3.63, 3.8) is 0 Å². The van der Waals surface area contributed by atoms with E-state index < -0.39 is 11.4 Å². The maximum atomic E-state index is 11.2. The van der Waals surface area contributed by atoms with Crippen molar-refractivity contribution in [1.29, 1.82) is 0 Å². The van der Waals surface area contributed by atoms with Gasteiger partial charge >= 0.3 is 5.97 Å². The van der Waals surface area contributed by atoms with E-state index in [1.54, 1.807) is 13.8 Å². The molecule has 168 valence electrons. The smallest absolute Gasteiger partial charge is 0.309 e. The van der Waals surface area contributed by atoms with Gasteiger partial charge in [0.1, 0.15) is 23.0 Å². The van der Waals surface area contributed by atoms with Crippen LogP contribution in [-0.4, -0.2) is 22.8 Å². The summed E-state index contributed by atoms with van der Waals surface area (Å²) in [6.45, 7) is 7.90. The van der Waals surface area contributed by atoms with Crippen LogP contribution in [0.4, 0.5) is 0 Å². The lowest BCUT2D eigenvalue weighted by atomic mass is 9.87. The number of hydrogen-bond acceptors (Lipinski definition) is 4. The second kappa shape index (κ2) is 10.9. The zero-order valence-electron chi connectivity index (χ0n) is 19.0. The van der Waals surface area contributed by atoms with Gasteiger partial charge in [-0.15, -0.1) is 0 Å². The molecule has 2 aromatic rings. The third-order valence-electron chi connectivity index (χ3n) is 5.79. The van der Waals surface area contributed by atoms with Crippen LogP contribution in [0, 0.1) is 10.8 Å². The number of hydrogen-bond donors (Lipinski definition) is 2. The molecule has 0 saturated carbocycles. The predicted octanol–water partition coefficient (Wildman–Crippen LogP) is 5.82. The van der Waals surface area contributed by atoms with Gasteiger partial charge in [0.15, 0.2) is 0 Å². The van der Waals surface area contributed by atoms with Gasteiger partial charge in [0.05, 0.1) is 5.41 Å². The summed E-state index contributed by atoms with van der Waals surface area (Å²) < 4.78 is 11.8. The van der Waals surface area contributed by atoms with Crippen LogP contribution in [0.15, 0.2) is 33.1 Å². The Morgan fingerprint density at radius 2 is 1.17 bits per heavy atom.